The van der Waals surface area contributed by atoms with Gasteiger partial charge in [-0.05, 0) is 0 Å². The number of allylic oxidation sites excluding steroid dienone is 2. The minimum Gasteiger partial charge on any atom is -0.469 e. The number of carbonyl (C=O) groups excluding carboxylic acids is 2. The molecule has 23 heavy (non-hydrogen) atoms. The number of fused-ring (bicyclic) bond motifs is 1. The zero-order valence-electron chi connectivity index (χ0n) is 12.2. The van der Waals surface area contributed by atoms with Gasteiger partial charge in [0.1, 0.15) is 0 Å². The predicted molar refractivity (Wildman–Crippen MR) is 65.1 cm³/mol. The Morgan fingerprint density at radius 3 is 1.52 bits per heavy atom. The summed E-state index contributed by atoms with van der Waals surface area (Å²) in [5.74, 6) is -10.9. The van der Waals surface area contributed by atoms with Crippen LogP contribution in [-0.2, 0) is 23.8 Å². The Kier molecular flexibility index (Phi) is 3.48. The molecule has 1 saturated carbocycles. The Morgan fingerprint density at radius 2 is 1.22 bits per heavy atom. The van der Waals surface area contributed by atoms with Gasteiger partial charge in [-0.15, -0.1) is 0 Å². The Morgan fingerprint density at radius 1 is 0.870 bits per heavy atom. The molecule has 0 aromatic rings. The van der Waals surface area contributed by atoms with Gasteiger partial charge in [-0.3, -0.25) is 14.3 Å². The van der Waals surface area contributed by atoms with Crippen molar-refractivity contribution in [3.8, 4) is 0 Å². The van der Waals surface area contributed by atoms with Crippen LogP contribution in [0.4, 0.5) is 17.6 Å². The predicted octanol–water partition coefficient (Wildman–Crippen LogP) is 1.83. The second-order valence-corrected chi connectivity index (χ2v) is 5.91. The molecule has 0 aromatic heterocycles. The van der Waals surface area contributed by atoms with Gasteiger partial charge < -0.3 is 9.47 Å². The van der Waals surface area contributed by atoms with E-state index in [1.807, 2.05) is 0 Å². The Balaban J connectivity index is 2.12. The van der Waals surface area contributed by atoms with Gasteiger partial charge in [0.25, 0.3) is 0 Å². The summed E-state index contributed by atoms with van der Waals surface area (Å²) in [4.78, 5) is 24.0. The maximum absolute atomic E-state index is 14.0. The monoisotopic (exact) mass is 338 g/mol. The highest BCUT2D eigenvalue weighted by Gasteiger charge is 2.76. The van der Waals surface area contributed by atoms with E-state index in [4.69, 9.17) is 0 Å². The van der Waals surface area contributed by atoms with Crippen molar-refractivity contribution in [3.63, 3.8) is 0 Å². The van der Waals surface area contributed by atoms with Gasteiger partial charge in [-0.1, -0.05) is 12.2 Å². The number of alkyl halides is 4. The molecule has 2 unspecified atom stereocenters. The summed E-state index contributed by atoms with van der Waals surface area (Å²) < 4.78 is 68.8. The molecule has 4 aliphatic rings. The maximum Gasteiger partial charge on any atom is 0.364 e. The highest BCUT2D eigenvalue weighted by Crippen LogP contribution is 2.65. The summed E-state index contributed by atoms with van der Waals surface area (Å²) in [6.45, 7) is 0. The molecule has 0 amide bonds. The molecule has 6 atom stereocenters. The molecule has 5 nitrogen and oxygen atoms in total. The van der Waals surface area contributed by atoms with Gasteiger partial charge >= 0.3 is 24.2 Å². The Hall–Kier alpha value is -1.64. The molecular formula is C14H14F4O5. The quantitative estimate of drug-likeness (QED) is 0.437. The van der Waals surface area contributed by atoms with Crippen LogP contribution in [-0.4, -0.2) is 38.4 Å². The van der Waals surface area contributed by atoms with Crippen molar-refractivity contribution in [2.75, 3.05) is 14.2 Å². The van der Waals surface area contributed by atoms with Crippen molar-refractivity contribution < 1.29 is 41.4 Å². The van der Waals surface area contributed by atoms with Crippen LogP contribution in [0.25, 0.3) is 0 Å². The first kappa shape index (κ1) is 16.2. The fraction of sp³-hybridized carbons (Fsp3) is 0.714. The normalized spacial score (nSPS) is 42.2. The van der Waals surface area contributed by atoms with E-state index in [1.54, 1.807) is 0 Å². The van der Waals surface area contributed by atoms with Crippen LogP contribution >= 0.6 is 0 Å². The van der Waals surface area contributed by atoms with Crippen LogP contribution in [0.15, 0.2) is 12.2 Å². The van der Waals surface area contributed by atoms with Crippen LogP contribution in [0, 0.1) is 35.5 Å². The largest absolute Gasteiger partial charge is 0.469 e. The van der Waals surface area contributed by atoms with Crippen molar-refractivity contribution in [1.29, 1.82) is 0 Å². The lowest BCUT2D eigenvalue weighted by atomic mass is 9.53. The zero-order chi connectivity index (χ0) is 17.2. The first-order chi connectivity index (χ1) is 10.7. The van der Waals surface area contributed by atoms with E-state index in [-0.39, 0.29) is 0 Å². The van der Waals surface area contributed by atoms with Crippen molar-refractivity contribution in [2.24, 2.45) is 35.5 Å². The standard InChI is InChI=1S/C14H14F4O5/c1-21-11(19)7-5-3-4-6(8(7)12(20)22-2)10-9(5)13(15,16)23-14(10,17)18/h3-10H,1-2H3/t5-,6+,7?,8?,9-,10+. The van der Waals surface area contributed by atoms with Gasteiger partial charge in [0.15, 0.2) is 0 Å². The fourth-order valence-corrected chi connectivity index (χ4v) is 4.20. The van der Waals surface area contributed by atoms with Crippen molar-refractivity contribution >= 4 is 11.9 Å². The second kappa shape index (κ2) is 4.93. The highest BCUT2D eigenvalue weighted by atomic mass is 19.3. The van der Waals surface area contributed by atoms with E-state index in [1.165, 1.54) is 12.2 Å². The van der Waals surface area contributed by atoms with Crippen LogP contribution in [0.2, 0.25) is 0 Å². The molecule has 0 N–H and O–H groups in total. The lowest BCUT2D eigenvalue weighted by molar-refractivity contribution is -0.342. The maximum atomic E-state index is 14.0. The third-order valence-corrected chi connectivity index (χ3v) is 4.98. The summed E-state index contributed by atoms with van der Waals surface area (Å²) in [7, 11) is 2.08. The minimum absolute atomic E-state index is 0.913. The van der Waals surface area contributed by atoms with Crippen LogP contribution < -0.4 is 0 Å². The van der Waals surface area contributed by atoms with Gasteiger partial charge in [-0.2, -0.15) is 17.6 Å². The third-order valence-electron chi connectivity index (χ3n) is 4.98. The van der Waals surface area contributed by atoms with E-state index >= 15 is 0 Å². The smallest absolute Gasteiger partial charge is 0.364 e. The highest BCUT2D eigenvalue weighted by molar-refractivity contribution is 5.84. The average molecular weight is 338 g/mol. The van der Waals surface area contributed by atoms with E-state index in [0.29, 0.717) is 0 Å². The molecule has 1 heterocycles. The molecule has 1 saturated heterocycles. The lowest BCUT2D eigenvalue weighted by Crippen LogP contribution is -2.57. The van der Waals surface area contributed by atoms with Gasteiger partial charge in [0.05, 0.1) is 37.9 Å². The van der Waals surface area contributed by atoms with Crippen molar-refractivity contribution in [2.45, 2.75) is 12.2 Å². The van der Waals surface area contributed by atoms with Gasteiger partial charge in [0.2, 0.25) is 0 Å². The first-order valence-corrected chi connectivity index (χ1v) is 6.95. The summed E-state index contributed by atoms with van der Waals surface area (Å²) in [5, 5.41) is 0. The average Bonchev–Trinajstić information content (AvgIpc) is 2.71. The number of methoxy groups -OCH3 is 2. The van der Waals surface area contributed by atoms with Crippen molar-refractivity contribution in [1.82, 2.24) is 0 Å². The van der Waals surface area contributed by atoms with Crippen molar-refractivity contribution in [3.05, 3.63) is 12.2 Å². The molecule has 9 heteroatoms. The fourth-order valence-electron chi connectivity index (χ4n) is 4.20. The number of hydrogen-bond donors (Lipinski definition) is 0. The molecular weight excluding hydrogens is 324 g/mol. The zero-order valence-corrected chi connectivity index (χ0v) is 12.2. The molecule has 0 aromatic carbocycles. The molecule has 0 radical (unpaired) electrons. The molecule has 2 bridgehead atoms. The number of hydrogen-bond acceptors (Lipinski definition) is 5. The summed E-state index contributed by atoms with van der Waals surface area (Å²) in [6.07, 6.45) is -5.67. The molecule has 3 aliphatic carbocycles. The molecule has 4 rings (SSSR count). The number of rotatable bonds is 2. The second-order valence-electron chi connectivity index (χ2n) is 5.91. The van der Waals surface area contributed by atoms with Gasteiger partial charge in [0, 0.05) is 11.8 Å². The van der Waals surface area contributed by atoms with Gasteiger partial charge in [-0.25, -0.2) is 0 Å². The molecule has 128 valence electrons. The molecule has 0 spiro atoms. The molecule has 1 aliphatic heterocycles. The summed E-state index contributed by atoms with van der Waals surface area (Å²) in [6, 6.07) is 0. The number of esters is 2. The van der Waals surface area contributed by atoms with E-state index in [9.17, 15) is 27.2 Å². The number of halogens is 4. The third kappa shape index (κ3) is 2.09. The SMILES string of the molecule is COC(=O)C1C(C(=O)OC)[C@@H]2C=C[C@H]1[C@@H]1[C@H]2C(F)(F)OC1(F)F. The summed E-state index contributed by atoms with van der Waals surface area (Å²) in [5.41, 5.74) is 0. The van der Waals surface area contributed by atoms with Crippen LogP contribution in [0.5, 0.6) is 0 Å². The van der Waals surface area contributed by atoms with E-state index < -0.39 is 59.7 Å². The first-order valence-electron chi connectivity index (χ1n) is 6.95. The van der Waals surface area contributed by atoms with E-state index in [0.717, 1.165) is 14.2 Å². The van der Waals surface area contributed by atoms with Crippen LogP contribution in [0.1, 0.15) is 0 Å². The Labute approximate surface area is 128 Å². The number of ether oxygens (including phenoxy) is 3. The molecule has 2 fully saturated rings. The minimum atomic E-state index is -4.10. The number of carbonyl (C=O) groups is 2. The van der Waals surface area contributed by atoms with E-state index in [2.05, 4.69) is 14.2 Å². The summed E-state index contributed by atoms with van der Waals surface area (Å²) >= 11 is 0. The van der Waals surface area contributed by atoms with Crippen LogP contribution in [0.3, 0.4) is 0 Å². The topological polar surface area (TPSA) is 61.8 Å². The Bertz CT molecular complexity index is 528. The lowest BCUT2D eigenvalue weighted by Gasteiger charge is -2.49.